The van der Waals surface area contributed by atoms with E-state index < -0.39 is 0 Å². The minimum atomic E-state index is -0.177. The third-order valence-electron chi connectivity index (χ3n) is 6.05. The van der Waals surface area contributed by atoms with Crippen molar-refractivity contribution in [1.29, 1.82) is 0 Å². The lowest BCUT2D eigenvalue weighted by Gasteiger charge is -2.57. The number of amides is 1. The van der Waals surface area contributed by atoms with Gasteiger partial charge in [0, 0.05) is 11.1 Å². The molecule has 0 unspecified atom stereocenters. The Morgan fingerprint density at radius 3 is 2.44 bits per heavy atom. The van der Waals surface area contributed by atoms with Gasteiger partial charge in [0.25, 0.3) is 5.91 Å². The summed E-state index contributed by atoms with van der Waals surface area (Å²) in [5.41, 5.74) is 0.687. The molecule has 1 aromatic carbocycles. The van der Waals surface area contributed by atoms with Gasteiger partial charge in [0.1, 0.15) is 5.75 Å². The summed E-state index contributed by atoms with van der Waals surface area (Å²) in [6.07, 6.45) is 7.79. The van der Waals surface area contributed by atoms with Crippen molar-refractivity contribution in [3.8, 4) is 5.75 Å². The van der Waals surface area contributed by atoms with Crippen LogP contribution in [0.2, 0.25) is 0 Å². The molecule has 0 radical (unpaired) electrons. The van der Waals surface area contributed by atoms with Gasteiger partial charge in [-0.2, -0.15) is 0 Å². The first kappa shape index (κ1) is 16.8. The molecule has 4 fully saturated rings. The smallest absolute Gasteiger partial charge is 0.257 e. The number of rotatable bonds is 4. The Morgan fingerprint density at radius 2 is 1.84 bits per heavy atom. The molecule has 1 aromatic rings. The van der Waals surface area contributed by atoms with E-state index in [-0.39, 0.29) is 11.4 Å². The lowest BCUT2D eigenvalue weighted by molar-refractivity contribution is -0.0101. The van der Waals surface area contributed by atoms with Gasteiger partial charge in [-0.1, -0.05) is 6.07 Å². The van der Waals surface area contributed by atoms with Crippen LogP contribution >= 0.6 is 12.2 Å². The molecule has 1 amide bonds. The number of nitrogens with one attached hydrogen (secondary N) is 2. The summed E-state index contributed by atoms with van der Waals surface area (Å²) in [6, 6.07) is 7.22. The first-order chi connectivity index (χ1) is 12.0. The van der Waals surface area contributed by atoms with Gasteiger partial charge < -0.3 is 10.1 Å². The zero-order valence-corrected chi connectivity index (χ0v) is 15.5. The van der Waals surface area contributed by atoms with Crippen molar-refractivity contribution in [2.75, 3.05) is 6.61 Å². The van der Waals surface area contributed by atoms with Gasteiger partial charge in [-0.15, -0.1) is 0 Å². The largest absolute Gasteiger partial charge is 0.494 e. The molecular formula is C20H26N2O2S. The Morgan fingerprint density at radius 1 is 1.20 bits per heavy atom. The molecule has 0 aliphatic heterocycles. The van der Waals surface area contributed by atoms with Gasteiger partial charge >= 0.3 is 0 Å². The number of benzene rings is 1. The van der Waals surface area contributed by atoms with Crippen LogP contribution in [0, 0.1) is 17.8 Å². The van der Waals surface area contributed by atoms with Crippen LogP contribution in [0.1, 0.15) is 55.8 Å². The summed E-state index contributed by atoms with van der Waals surface area (Å²) in [5, 5.41) is 6.87. The lowest BCUT2D eigenvalue weighted by atomic mass is 9.53. The van der Waals surface area contributed by atoms with Gasteiger partial charge in [0.05, 0.1) is 6.61 Å². The maximum absolute atomic E-state index is 12.5. The van der Waals surface area contributed by atoms with Crippen LogP contribution in [-0.4, -0.2) is 23.2 Å². The number of thiocarbonyl (C=S) groups is 1. The second-order valence-corrected chi connectivity index (χ2v) is 8.48. The lowest BCUT2D eigenvalue weighted by Crippen LogP contribution is -2.61. The first-order valence-electron chi connectivity index (χ1n) is 9.41. The van der Waals surface area contributed by atoms with E-state index in [1.165, 1.54) is 38.5 Å². The van der Waals surface area contributed by atoms with Crippen molar-refractivity contribution < 1.29 is 9.53 Å². The van der Waals surface area contributed by atoms with Gasteiger partial charge in [0.2, 0.25) is 0 Å². The summed E-state index contributed by atoms with van der Waals surface area (Å²) < 4.78 is 5.46. The molecule has 4 nitrogen and oxygen atoms in total. The molecule has 0 aromatic heterocycles. The monoisotopic (exact) mass is 358 g/mol. The highest BCUT2D eigenvalue weighted by atomic mass is 32.1. The SMILES string of the molecule is CCOc1cccc(C(=O)NC(=S)NC23CC4CC(CC(C4)C2)C3)c1. The third-order valence-corrected chi connectivity index (χ3v) is 6.26. The Bertz CT molecular complexity index is 653. The number of ether oxygens (including phenoxy) is 1. The van der Waals surface area contributed by atoms with Crippen LogP contribution in [0.15, 0.2) is 24.3 Å². The molecule has 0 atom stereocenters. The van der Waals surface area contributed by atoms with E-state index in [2.05, 4.69) is 10.6 Å². The molecule has 0 spiro atoms. The second-order valence-electron chi connectivity index (χ2n) is 8.07. The van der Waals surface area contributed by atoms with Crippen molar-refractivity contribution in [2.45, 2.75) is 51.0 Å². The fourth-order valence-corrected chi connectivity index (χ4v) is 5.91. The van der Waals surface area contributed by atoms with Crippen molar-refractivity contribution in [3.63, 3.8) is 0 Å². The third kappa shape index (κ3) is 3.52. The molecular weight excluding hydrogens is 332 g/mol. The summed E-state index contributed by atoms with van der Waals surface area (Å²) in [7, 11) is 0. The van der Waals surface area contributed by atoms with Crippen LogP contribution < -0.4 is 15.4 Å². The molecule has 4 aliphatic carbocycles. The number of hydrogen-bond acceptors (Lipinski definition) is 3. The topological polar surface area (TPSA) is 50.4 Å². The van der Waals surface area contributed by atoms with Crippen molar-refractivity contribution in [1.82, 2.24) is 10.6 Å². The van der Waals surface area contributed by atoms with E-state index in [9.17, 15) is 4.79 Å². The van der Waals surface area contributed by atoms with Crippen LogP contribution in [0.3, 0.4) is 0 Å². The minimum Gasteiger partial charge on any atom is -0.494 e. The van der Waals surface area contributed by atoms with Crippen molar-refractivity contribution in [2.24, 2.45) is 17.8 Å². The van der Waals surface area contributed by atoms with Gasteiger partial charge in [0.15, 0.2) is 5.11 Å². The predicted octanol–water partition coefficient (Wildman–Crippen LogP) is 3.66. The average molecular weight is 359 g/mol. The summed E-state index contributed by atoms with van der Waals surface area (Å²) in [4.78, 5) is 12.5. The minimum absolute atomic E-state index is 0.117. The highest BCUT2D eigenvalue weighted by molar-refractivity contribution is 7.80. The van der Waals surface area contributed by atoms with Gasteiger partial charge in [-0.25, -0.2) is 0 Å². The normalized spacial score (nSPS) is 32.3. The van der Waals surface area contributed by atoms with Crippen LogP contribution in [0.25, 0.3) is 0 Å². The van der Waals surface area contributed by atoms with Crippen LogP contribution in [-0.2, 0) is 0 Å². The molecule has 4 aliphatic rings. The Balaban J connectivity index is 1.39. The number of carbonyl (C=O) groups excluding carboxylic acids is 1. The van der Waals surface area contributed by atoms with Gasteiger partial charge in [-0.05, 0) is 93.6 Å². The first-order valence-corrected chi connectivity index (χ1v) is 9.82. The standard InChI is InChI=1S/C20H26N2O2S/c1-2-24-17-5-3-4-16(9-17)18(23)21-19(25)22-20-10-13-6-14(11-20)8-15(7-13)12-20/h3-5,9,13-15H,2,6-8,10-12H2,1H3,(H2,21,22,23,25). The van der Waals surface area contributed by atoms with E-state index in [0.29, 0.717) is 23.0 Å². The molecule has 5 rings (SSSR count). The van der Waals surface area contributed by atoms with E-state index in [1.54, 1.807) is 12.1 Å². The van der Waals surface area contributed by atoms with Crippen LogP contribution in [0.5, 0.6) is 5.75 Å². The number of carbonyl (C=O) groups is 1. The van der Waals surface area contributed by atoms with E-state index >= 15 is 0 Å². The molecule has 4 saturated carbocycles. The quantitative estimate of drug-likeness (QED) is 0.807. The van der Waals surface area contributed by atoms with E-state index in [4.69, 9.17) is 17.0 Å². The van der Waals surface area contributed by atoms with Crippen LogP contribution in [0.4, 0.5) is 0 Å². The van der Waals surface area contributed by atoms with Gasteiger partial charge in [-0.3, -0.25) is 10.1 Å². The molecule has 0 saturated heterocycles. The van der Waals surface area contributed by atoms with Crippen molar-refractivity contribution in [3.05, 3.63) is 29.8 Å². The molecule has 5 heteroatoms. The molecule has 0 heterocycles. The fourth-order valence-electron chi connectivity index (χ4n) is 5.60. The molecule has 134 valence electrons. The molecule has 4 bridgehead atoms. The highest BCUT2D eigenvalue weighted by Crippen LogP contribution is 2.55. The Kier molecular flexibility index (Phi) is 4.44. The zero-order chi connectivity index (χ0) is 17.4. The Hall–Kier alpha value is -1.62. The Labute approximate surface area is 154 Å². The predicted molar refractivity (Wildman–Crippen MR) is 102 cm³/mol. The zero-order valence-electron chi connectivity index (χ0n) is 14.7. The highest BCUT2D eigenvalue weighted by Gasteiger charge is 2.51. The second kappa shape index (κ2) is 6.60. The van der Waals surface area contributed by atoms with E-state index in [0.717, 1.165) is 17.8 Å². The van der Waals surface area contributed by atoms with E-state index in [1.807, 2.05) is 19.1 Å². The van der Waals surface area contributed by atoms with Crippen molar-refractivity contribution >= 4 is 23.2 Å². The fraction of sp³-hybridized carbons (Fsp3) is 0.600. The summed E-state index contributed by atoms with van der Waals surface area (Å²) in [6.45, 7) is 2.51. The average Bonchev–Trinajstić information content (AvgIpc) is 2.53. The molecule has 25 heavy (non-hydrogen) atoms. The number of hydrogen-bond donors (Lipinski definition) is 2. The molecule has 2 N–H and O–H groups in total. The maximum Gasteiger partial charge on any atom is 0.257 e. The summed E-state index contributed by atoms with van der Waals surface area (Å²) >= 11 is 5.48. The summed E-state index contributed by atoms with van der Waals surface area (Å²) in [5.74, 6) is 3.07. The maximum atomic E-state index is 12.5.